The Morgan fingerprint density at radius 1 is 1.59 bits per heavy atom. The van der Waals surface area contributed by atoms with E-state index in [0.717, 1.165) is 18.5 Å². The number of nitrogens with zero attached hydrogens (tertiary/aromatic N) is 3. The molecule has 0 saturated carbocycles. The van der Waals surface area contributed by atoms with Crippen molar-refractivity contribution < 1.29 is 9.90 Å². The molecule has 0 radical (unpaired) electrons. The van der Waals surface area contributed by atoms with Crippen LogP contribution in [0.25, 0.3) is 0 Å². The van der Waals surface area contributed by atoms with Gasteiger partial charge in [0.05, 0.1) is 12.7 Å². The van der Waals surface area contributed by atoms with Gasteiger partial charge in [-0.05, 0) is 20.3 Å². The number of carboxylic acid groups (broad SMARTS) is 1. The second-order valence-corrected chi connectivity index (χ2v) is 4.26. The Bertz CT molecular complexity index is 362. The lowest BCUT2D eigenvalue weighted by molar-refractivity contribution is -0.139. The Morgan fingerprint density at radius 3 is 2.76 bits per heavy atom. The summed E-state index contributed by atoms with van der Waals surface area (Å²) in [7, 11) is 0. The highest BCUT2D eigenvalue weighted by molar-refractivity contribution is 5.69. The molecule has 0 saturated heterocycles. The molecule has 0 aliphatic heterocycles. The van der Waals surface area contributed by atoms with Crippen molar-refractivity contribution in [3.05, 3.63) is 18.0 Å². The topological polar surface area (TPSA) is 58.4 Å². The van der Waals surface area contributed by atoms with Crippen molar-refractivity contribution in [2.45, 2.75) is 46.3 Å². The van der Waals surface area contributed by atoms with E-state index in [9.17, 15) is 4.79 Å². The third kappa shape index (κ3) is 4.19. The molecule has 1 heterocycles. The van der Waals surface area contributed by atoms with Crippen molar-refractivity contribution >= 4 is 5.97 Å². The van der Waals surface area contributed by atoms with Crippen LogP contribution in [-0.2, 0) is 17.9 Å². The molecular formula is C12H21N3O2. The molecule has 0 bridgehead atoms. The minimum atomic E-state index is -0.784. The first kappa shape index (κ1) is 13.7. The summed E-state index contributed by atoms with van der Waals surface area (Å²) < 4.78 is 1.85. The van der Waals surface area contributed by atoms with Crippen LogP contribution < -0.4 is 0 Å². The van der Waals surface area contributed by atoms with Crippen LogP contribution in [0.1, 0.15) is 32.8 Å². The van der Waals surface area contributed by atoms with Crippen molar-refractivity contribution in [3.8, 4) is 0 Å². The molecular weight excluding hydrogens is 218 g/mol. The van der Waals surface area contributed by atoms with Gasteiger partial charge in [-0.2, -0.15) is 5.10 Å². The Balaban J connectivity index is 2.67. The predicted octanol–water partition coefficient (Wildman–Crippen LogP) is 1.59. The van der Waals surface area contributed by atoms with E-state index in [2.05, 4.69) is 12.0 Å². The van der Waals surface area contributed by atoms with Crippen molar-refractivity contribution in [1.82, 2.24) is 14.7 Å². The van der Waals surface area contributed by atoms with Crippen molar-refractivity contribution in [3.63, 3.8) is 0 Å². The first-order valence-electron chi connectivity index (χ1n) is 6.04. The summed E-state index contributed by atoms with van der Waals surface area (Å²) in [5, 5.41) is 13.1. The average molecular weight is 239 g/mol. The summed E-state index contributed by atoms with van der Waals surface area (Å²) in [5.74, 6) is -0.784. The van der Waals surface area contributed by atoms with Crippen molar-refractivity contribution in [1.29, 1.82) is 0 Å². The summed E-state index contributed by atoms with van der Waals surface area (Å²) in [5.41, 5.74) is 1.06. The fraction of sp³-hybridized carbons (Fsp3) is 0.667. The van der Waals surface area contributed by atoms with Crippen LogP contribution in [0.3, 0.4) is 0 Å². The first-order valence-corrected chi connectivity index (χ1v) is 6.04. The summed E-state index contributed by atoms with van der Waals surface area (Å²) in [6.07, 6.45) is 4.72. The van der Waals surface area contributed by atoms with Gasteiger partial charge in [-0.15, -0.1) is 0 Å². The molecule has 1 N–H and O–H groups in total. The van der Waals surface area contributed by atoms with Crippen LogP contribution >= 0.6 is 0 Å². The van der Waals surface area contributed by atoms with Gasteiger partial charge in [0, 0.05) is 30.9 Å². The lowest BCUT2D eigenvalue weighted by atomic mass is 10.2. The van der Waals surface area contributed by atoms with Crippen LogP contribution in [0.4, 0.5) is 0 Å². The van der Waals surface area contributed by atoms with Crippen LogP contribution in [0.2, 0.25) is 0 Å². The highest BCUT2D eigenvalue weighted by Crippen LogP contribution is 2.09. The standard InChI is InChI=1S/C12H21N3O2/c1-4-10(3)14(9-12(16)17)7-11-6-13-15(5-2)8-11/h6,8,10H,4-5,7,9H2,1-3H3,(H,16,17). The molecule has 1 atom stereocenters. The van der Waals surface area contributed by atoms with Gasteiger partial charge in [0.15, 0.2) is 0 Å². The quantitative estimate of drug-likeness (QED) is 0.785. The molecule has 17 heavy (non-hydrogen) atoms. The zero-order valence-corrected chi connectivity index (χ0v) is 10.8. The minimum Gasteiger partial charge on any atom is -0.480 e. The third-order valence-corrected chi connectivity index (χ3v) is 2.95. The van der Waals surface area contributed by atoms with Crippen molar-refractivity contribution in [2.75, 3.05) is 6.54 Å². The molecule has 1 rings (SSSR count). The number of aryl methyl sites for hydroxylation is 1. The predicted molar refractivity (Wildman–Crippen MR) is 65.7 cm³/mol. The molecule has 0 aliphatic rings. The van der Waals surface area contributed by atoms with E-state index in [4.69, 9.17) is 5.11 Å². The Morgan fingerprint density at radius 2 is 2.29 bits per heavy atom. The lowest BCUT2D eigenvalue weighted by Gasteiger charge is -2.25. The highest BCUT2D eigenvalue weighted by Gasteiger charge is 2.16. The molecule has 0 aliphatic carbocycles. The smallest absolute Gasteiger partial charge is 0.317 e. The molecule has 5 heteroatoms. The lowest BCUT2D eigenvalue weighted by Crippen LogP contribution is -2.36. The maximum Gasteiger partial charge on any atom is 0.317 e. The largest absolute Gasteiger partial charge is 0.480 e. The minimum absolute atomic E-state index is 0.0757. The van der Waals surface area contributed by atoms with Crippen LogP contribution in [0.5, 0.6) is 0 Å². The Hall–Kier alpha value is -1.36. The second-order valence-electron chi connectivity index (χ2n) is 4.26. The van der Waals surface area contributed by atoms with Crippen molar-refractivity contribution in [2.24, 2.45) is 0 Å². The number of hydrogen-bond acceptors (Lipinski definition) is 3. The summed E-state index contributed by atoms with van der Waals surface area (Å²) in [6, 6.07) is 0.260. The molecule has 5 nitrogen and oxygen atoms in total. The normalized spacial score (nSPS) is 12.9. The summed E-state index contributed by atoms with van der Waals surface area (Å²) >= 11 is 0. The fourth-order valence-corrected chi connectivity index (χ4v) is 1.70. The number of aromatic nitrogens is 2. The SMILES string of the molecule is CCC(C)N(CC(=O)O)Cc1cnn(CC)c1. The molecule has 1 aromatic rings. The molecule has 0 fully saturated rings. The number of hydrogen-bond donors (Lipinski definition) is 1. The number of aliphatic carboxylic acids is 1. The van der Waals surface area contributed by atoms with Crippen LogP contribution in [0.15, 0.2) is 12.4 Å². The first-order chi connectivity index (χ1) is 8.06. The second kappa shape index (κ2) is 6.39. The van der Waals surface area contributed by atoms with Gasteiger partial charge < -0.3 is 5.11 Å². The van der Waals surface area contributed by atoms with E-state index >= 15 is 0 Å². The van der Waals surface area contributed by atoms with E-state index in [1.807, 2.05) is 29.6 Å². The van der Waals surface area contributed by atoms with Gasteiger partial charge in [0.2, 0.25) is 0 Å². The monoisotopic (exact) mass is 239 g/mol. The number of rotatable bonds is 7. The zero-order chi connectivity index (χ0) is 12.8. The van der Waals surface area contributed by atoms with Gasteiger partial charge in [-0.25, -0.2) is 0 Å². The summed E-state index contributed by atoms with van der Waals surface area (Å²) in [4.78, 5) is 12.8. The molecule has 1 aromatic heterocycles. The van der Waals surface area contributed by atoms with Crippen LogP contribution in [-0.4, -0.2) is 38.3 Å². The average Bonchev–Trinajstić information content (AvgIpc) is 2.74. The third-order valence-electron chi connectivity index (χ3n) is 2.95. The van der Waals surface area contributed by atoms with E-state index < -0.39 is 5.97 Å². The van der Waals surface area contributed by atoms with E-state index in [0.29, 0.717) is 6.54 Å². The van der Waals surface area contributed by atoms with Gasteiger partial charge in [-0.3, -0.25) is 14.4 Å². The Kier molecular flexibility index (Phi) is 5.15. The fourth-order valence-electron chi connectivity index (χ4n) is 1.70. The molecule has 0 amide bonds. The van der Waals surface area contributed by atoms with E-state index in [1.54, 1.807) is 6.20 Å². The number of carbonyl (C=O) groups is 1. The van der Waals surface area contributed by atoms with Gasteiger partial charge in [-0.1, -0.05) is 6.92 Å². The molecule has 1 unspecified atom stereocenters. The van der Waals surface area contributed by atoms with E-state index in [1.165, 1.54) is 0 Å². The summed E-state index contributed by atoms with van der Waals surface area (Å²) in [6.45, 7) is 7.69. The molecule has 96 valence electrons. The Labute approximate surface area is 102 Å². The van der Waals surface area contributed by atoms with Gasteiger partial charge >= 0.3 is 5.97 Å². The highest BCUT2D eigenvalue weighted by atomic mass is 16.4. The van der Waals surface area contributed by atoms with E-state index in [-0.39, 0.29) is 12.6 Å². The molecule has 0 spiro atoms. The van der Waals surface area contributed by atoms with Gasteiger partial charge in [0.25, 0.3) is 0 Å². The molecule has 0 aromatic carbocycles. The van der Waals surface area contributed by atoms with Gasteiger partial charge in [0.1, 0.15) is 0 Å². The maximum absolute atomic E-state index is 10.8. The zero-order valence-electron chi connectivity index (χ0n) is 10.8. The maximum atomic E-state index is 10.8. The van der Waals surface area contributed by atoms with Crippen LogP contribution in [0, 0.1) is 0 Å². The number of carboxylic acids is 1.